The number of nitrogens with zero attached hydrogens (tertiary/aromatic N) is 2. The molecule has 9 heteroatoms. The normalized spacial score (nSPS) is 11.9. The van der Waals surface area contributed by atoms with Gasteiger partial charge < -0.3 is 28.7 Å². The first-order chi connectivity index (χ1) is 14.7. The number of carbonyl (C=O) groups excluding carboxylic acids is 1. The molecular formula is C21H21N3O6. The number of hydrogen-bond donors (Lipinski definition) is 1. The molecule has 0 atom stereocenters. The van der Waals surface area contributed by atoms with Gasteiger partial charge in [0.15, 0.2) is 23.0 Å². The van der Waals surface area contributed by atoms with Gasteiger partial charge in [0.25, 0.3) is 0 Å². The number of rotatable bonds is 8. The number of fused-ring (bicyclic) bond motifs is 1. The fourth-order valence-electron chi connectivity index (χ4n) is 3.05. The Kier molecular flexibility index (Phi) is 5.69. The number of methoxy groups -OCH3 is 2. The highest BCUT2D eigenvalue weighted by atomic mass is 16.7. The summed E-state index contributed by atoms with van der Waals surface area (Å²) in [6, 6.07) is 11.0. The molecule has 0 radical (unpaired) electrons. The van der Waals surface area contributed by atoms with Crippen molar-refractivity contribution >= 4 is 5.91 Å². The van der Waals surface area contributed by atoms with Crippen molar-refractivity contribution in [2.75, 3.05) is 27.6 Å². The van der Waals surface area contributed by atoms with Crippen LogP contribution in [0.5, 0.6) is 23.0 Å². The highest BCUT2D eigenvalue weighted by Crippen LogP contribution is 2.35. The van der Waals surface area contributed by atoms with E-state index in [1.807, 2.05) is 18.2 Å². The highest BCUT2D eigenvalue weighted by Gasteiger charge is 2.17. The van der Waals surface area contributed by atoms with Crippen LogP contribution in [0.4, 0.5) is 0 Å². The molecule has 0 unspecified atom stereocenters. The van der Waals surface area contributed by atoms with Crippen LogP contribution in [0.3, 0.4) is 0 Å². The Morgan fingerprint density at radius 3 is 2.70 bits per heavy atom. The summed E-state index contributed by atoms with van der Waals surface area (Å²) in [4.78, 5) is 12.2. The van der Waals surface area contributed by atoms with E-state index in [0.717, 1.165) is 5.56 Å². The van der Waals surface area contributed by atoms with Crippen molar-refractivity contribution in [1.82, 2.24) is 15.5 Å². The van der Waals surface area contributed by atoms with Gasteiger partial charge in [-0.25, -0.2) is 0 Å². The van der Waals surface area contributed by atoms with Crippen LogP contribution in [0.2, 0.25) is 0 Å². The summed E-state index contributed by atoms with van der Waals surface area (Å²) in [6.07, 6.45) is 0.655. The topological polar surface area (TPSA) is 105 Å². The van der Waals surface area contributed by atoms with Gasteiger partial charge in [-0.05, 0) is 42.3 Å². The molecule has 30 heavy (non-hydrogen) atoms. The Hall–Kier alpha value is -3.75. The number of amides is 1. The molecule has 156 valence electrons. The molecule has 3 aromatic rings. The molecule has 2 heterocycles. The van der Waals surface area contributed by atoms with Crippen LogP contribution in [-0.4, -0.2) is 43.7 Å². The third-order valence-electron chi connectivity index (χ3n) is 4.58. The Morgan fingerprint density at radius 1 is 1.03 bits per heavy atom. The number of aromatic nitrogens is 2. The SMILES string of the molecule is COc1ccc(CCNC(=O)Cc2nnc(-c3ccc4c(c3)OCO4)o2)cc1OC. The van der Waals surface area contributed by atoms with Gasteiger partial charge in [0, 0.05) is 12.1 Å². The molecule has 1 aromatic heterocycles. The summed E-state index contributed by atoms with van der Waals surface area (Å²) in [5, 5.41) is 10.8. The minimum atomic E-state index is -0.198. The lowest BCUT2D eigenvalue weighted by Crippen LogP contribution is -2.27. The standard InChI is InChI=1S/C21H21N3O6/c1-26-15-5-3-13(9-17(15)27-2)7-8-22-19(25)11-20-23-24-21(30-20)14-4-6-16-18(10-14)29-12-28-16/h3-6,9-10H,7-8,11-12H2,1-2H3,(H,22,25). The summed E-state index contributed by atoms with van der Waals surface area (Å²) < 4.78 is 26.8. The van der Waals surface area contributed by atoms with Crippen molar-refractivity contribution in [2.24, 2.45) is 0 Å². The van der Waals surface area contributed by atoms with Gasteiger partial charge >= 0.3 is 0 Å². The summed E-state index contributed by atoms with van der Waals surface area (Å²) >= 11 is 0. The Bertz CT molecular complexity index is 1050. The number of nitrogens with one attached hydrogen (secondary N) is 1. The molecular weight excluding hydrogens is 390 g/mol. The van der Waals surface area contributed by atoms with E-state index < -0.39 is 0 Å². The van der Waals surface area contributed by atoms with E-state index in [1.165, 1.54) is 0 Å². The lowest BCUT2D eigenvalue weighted by molar-refractivity contribution is -0.120. The third-order valence-corrected chi connectivity index (χ3v) is 4.58. The van der Waals surface area contributed by atoms with Crippen LogP contribution in [-0.2, 0) is 17.6 Å². The molecule has 2 aromatic carbocycles. The lowest BCUT2D eigenvalue weighted by Gasteiger charge is -2.10. The highest BCUT2D eigenvalue weighted by molar-refractivity contribution is 5.77. The van der Waals surface area contributed by atoms with Crippen LogP contribution in [0, 0.1) is 0 Å². The minimum Gasteiger partial charge on any atom is -0.493 e. The molecule has 1 aliphatic heterocycles. The summed E-state index contributed by atoms with van der Waals surface area (Å²) in [5.41, 5.74) is 1.72. The zero-order valence-corrected chi connectivity index (χ0v) is 16.6. The van der Waals surface area contributed by atoms with Gasteiger partial charge in [-0.15, -0.1) is 10.2 Å². The van der Waals surface area contributed by atoms with Crippen LogP contribution >= 0.6 is 0 Å². The van der Waals surface area contributed by atoms with E-state index in [9.17, 15) is 4.79 Å². The van der Waals surface area contributed by atoms with Gasteiger partial charge in [0.1, 0.15) is 6.42 Å². The summed E-state index contributed by atoms with van der Waals surface area (Å²) in [7, 11) is 3.18. The number of ether oxygens (including phenoxy) is 4. The largest absolute Gasteiger partial charge is 0.493 e. The predicted octanol–water partition coefficient (Wildman–Crippen LogP) is 2.38. The van der Waals surface area contributed by atoms with Crippen LogP contribution in [0.1, 0.15) is 11.5 Å². The molecule has 0 aliphatic carbocycles. The second kappa shape index (κ2) is 8.73. The molecule has 1 aliphatic rings. The van der Waals surface area contributed by atoms with Crippen molar-refractivity contribution < 1.29 is 28.2 Å². The summed E-state index contributed by atoms with van der Waals surface area (Å²) in [6.45, 7) is 0.662. The van der Waals surface area contributed by atoms with E-state index in [0.29, 0.717) is 47.4 Å². The predicted molar refractivity (Wildman–Crippen MR) is 106 cm³/mol. The first-order valence-electron chi connectivity index (χ1n) is 9.36. The maximum atomic E-state index is 12.2. The van der Waals surface area contributed by atoms with Crippen molar-refractivity contribution in [3.63, 3.8) is 0 Å². The molecule has 0 fully saturated rings. The van der Waals surface area contributed by atoms with Crippen LogP contribution < -0.4 is 24.3 Å². The Balaban J connectivity index is 1.30. The Labute approximate surface area is 172 Å². The van der Waals surface area contributed by atoms with Crippen LogP contribution in [0.15, 0.2) is 40.8 Å². The summed E-state index contributed by atoms with van der Waals surface area (Å²) in [5.74, 6) is 2.99. The fourth-order valence-corrected chi connectivity index (χ4v) is 3.05. The maximum absolute atomic E-state index is 12.2. The van der Waals surface area contributed by atoms with Gasteiger partial charge in [-0.1, -0.05) is 6.07 Å². The smallest absolute Gasteiger partial charge is 0.247 e. The van der Waals surface area contributed by atoms with Gasteiger partial charge in [0.05, 0.1) is 14.2 Å². The molecule has 9 nitrogen and oxygen atoms in total. The van der Waals surface area contributed by atoms with Gasteiger partial charge in [-0.3, -0.25) is 4.79 Å². The van der Waals surface area contributed by atoms with E-state index in [4.69, 9.17) is 23.4 Å². The zero-order chi connectivity index (χ0) is 20.9. The molecule has 1 N–H and O–H groups in total. The number of carbonyl (C=O) groups is 1. The quantitative estimate of drug-likeness (QED) is 0.602. The van der Waals surface area contributed by atoms with Crippen molar-refractivity contribution in [2.45, 2.75) is 12.8 Å². The number of hydrogen-bond acceptors (Lipinski definition) is 8. The zero-order valence-electron chi connectivity index (χ0n) is 16.6. The first-order valence-corrected chi connectivity index (χ1v) is 9.36. The van der Waals surface area contributed by atoms with Crippen LogP contribution in [0.25, 0.3) is 11.5 Å². The van der Waals surface area contributed by atoms with Gasteiger partial charge in [0.2, 0.25) is 24.5 Å². The fraction of sp³-hybridized carbons (Fsp3) is 0.286. The Morgan fingerprint density at radius 2 is 1.87 bits per heavy atom. The molecule has 1 amide bonds. The third kappa shape index (κ3) is 4.29. The first kappa shape index (κ1) is 19.6. The van der Waals surface area contributed by atoms with E-state index >= 15 is 0 Å². The van der Waals surface area contributed by atoms with Gasteiger partial charge in [-0.2, -0.15) is 0 Å². The van der Waals surface area contributed by atoms with Crippen molar-refractivity contribution in [3.05, 3.63) is 47.9 Å². The second-order valence-corrected chi connectivity index (χ2v) is 6.54. The minimum absolute atomic E-state index is 0.00346. The molecule has 0 bridgehead atoms. The molecule has 4 rings (SSSR count). The number of benzene rings is 2. The van der Waals surface area contributed by atoms with E-state index in [-0.39, 0.29) is 25.0 Å². The lowest BCUT2D eigenvalue weighted by atomic mass is 10.1. The molecule has 0 spiro atoms. The second-order valence-electron chi connectivity index (χ2n) is 6.54. The average Bonchev–Trinajstić information content (AvgIpc) is 3.42. The monoisotopic (exact) mass is 411 g/mol. The average molecular weight is 411 g/mol. The van der Waals surface area contributed by atoms with E-state index in [2.05, 4.69) is 15.5 Å². The maximum Gasteiger partial charge on any atom is 0.247 e. The molecule has 0 saturated carbocycles. The van der Waals surface area contributed by atoms with E-state index in [1.54, 1.807) is 32.4 Å². The van der Waals surface area contributed by atoms with Crippen molar-refractivity contribution in [1.29, 1.82) is 0 Å². The van der Waals surface area contributed by atoms with Crippen molar-refractivity contribution in [3.8, 4) is 34.5 Å². The molecule has 0 saturated heterocycles.